The van der Waals surface area contributed by atoms with E-state index in [1.807, 2.05) is 13.8 Å². The minimum absolute atomic E-state index is 0.0801. The number of benzene rings is 2. The molecule has 0 fully saturated rings. The second kappa shape index (κ2) is 11.3. The van der Waals surface area contributed by atoms with Gasteiger partial charge < -0.3 is 15.4 Å². The van der Waals surface area contributed by atoms with Crippen LogP contribution in [-0.4, -0.2) is 36.2 Å². The average Bonchev–Trinajstić information content (AvgIpc) is 2.76. The zero-order chi connectivity index (χ0) is 23.0. The number of amides is 2. The molecule has 0 aliphatic heterocycles. The van der Waals surface area contributed by atoms with Gasteiger partial charge in [0.1, 0.15) is 6.04 Å². The van der Waals surface area contributed by atoms with Gasteiger partial charge in [-0.15, -0.1) is 0 Å². The SMILES string of the molecule is CC[C@@H](C)[C@@H](NC(=O)c1ccc(Cl)cc1)C(=O)OCC(=O)Nc1ccc(C(C)=O)cc1. The third kappa shape index (κ3) is 7.22. The topological polar surface area (TPSA) is 102 Å². The number of ether oxygens (including phenoxy) is 1. The van der Waals surface area contributed by atoms with Gasteiger partial charge in [0, 0.05) is 21.8 Å². The molecule has 0 spiro atoms. The minimum Gasteiger partial charge on any atom is -0.454 e. The van der Waals surface area contributed by atoms with Crippen molar-refractivity contribution >= 4 is 40.9 Å². The zero-order valence-electron chi connectivity index (χ0n) is 17.6. The Balaban J connectivity index is 1.95. The number of Topliss-reactive ketones (excluding diaryl/α,β-unsaturated/α-hetero) is 1. The number of carbonyl (C=O) groups is 4. The van der Waals surface area contributed by atoms with E-state index in [1.54, 1.807) is 48.5 Å². The molecule has 2 N–H and O–H groups in total. The number of carbonyl (C=O) groups excluding carboxylic acids is 4. The van der Waals surface area contributed by atoms with Crippen LogP contribution in [0.2, 0.25) is 5.02 Å². The number of esters is 1. The summed E-state index contributed by atoms with van der Waals surface area (Å²) in [7, 11) is 0. The van der Waals surface area contributed by atoms with E-state index in [0.29, 0.717) is 28.3 Å². The van der Waals surface area contributed by atoms with Gasteiger partial charge in [-0.05, 0) is 61.4 Å². The summed E-state index contributed by atoms with van der Waals surface area (Å²) in [6.45, 7) is 4.64. The van der Waals surface area contributed by atoms with Crippen LogP contribution in [0.15, 0.2) is 48.5 Å². The highest BCUT2D eigenvalue weighted by atomic mass is 35.5. The normalized spacial score (nSPS) is 12.4. The van der Waals surface area contributed by atoms with Crippen LogP contribution in [0.25, 0.3) is 0 Å². The highest BCUT2D eigenvalue weighted by Gasteiger charge is 2.28. The monoisotopic (exact) mass is 444 g/mol. The smallest absolute Gasteiger partial charge is 0.329 e. The molecule has 0 radical (unpaired) electrons. The minimum atomic E-state index is -0.907. The van der Waals surface area contributed by atoms with Crippen molar-refractivity contribution in [3.63, 3.8) is 0 Å². The summed E-state index contributed by atoms with van der Waals surface area (Å²) in [5.41, 5.74) is 1.36. The van der Waals surface area contributed by atoms with Crippen molar-refractivity contribution in [1.29, 1.82) is 0 Å². The number of hydrogen-bond acceptors (Lipinski definition) is 5. The van der Waals surface area contributed by atoms with E-state index in [2.05, 4.69) is 10.6 Å². The van der Waals surface area contributed by atoms with Gasteiger partial charge >= 0.3 is 5.97 Å². The Kier molecular flexibility index (Phi) is 8.75. The van der Waals surface area contributed by atoms with Gasteiger partial charge in [-0.25, -0.2) is 4.79 Å². The van der Waals surface area contributed by atoms with E-state index in [9.17, 15) is 19.2 Å². The van der Waals surface area contributed by atoms with Crippen LogP contribution in [0, 0.1) is 5.92 Å². The van der Waals surface area contributed by atoms with E-state index in [-0.39, 0.29) is 11.7 Å². The fourth-order valence-electron chi connectivity index (χ4n) is 2.71. The molecule has 0 bridgehead atoms. The second-order valence-corrected chi connectivity index (χ2v) is 7.57. The molecule has 2 aromatic carbocycles. The molecule has 164 valence electrons. The summed E-state index contributed by atoms with van der Waals surface area (Å²) < 4.78 is 5.14. The molecule has 2 rings (SSSR count). The van der Waals surface area contributed by atoms with E-state index >= 15 is 0 Å². The summed E-state index contributed by atoms with van der Waals surface area (Å²) in [6, 6.07) is 11.7. The molecule has 0 saturated carbocycles. The maximum absolute atomic E-state index is 12.6. The van der Waals surface area contributed by atoms with Crippen LogP contribution < -0.4 is 10.6 Å². The Morgan fingerprint density at radius 2 is 1.55 bits per heavy atom. The van der Waals surface area contributed by atoms with Crippen LogP contribution in [-0.2, 0) is 14.3 Å². The molecule has 0 aliphatic carbocycles. The predicted octanol–water partition coefficient (Wildman–Crippen LogP) is 3.87. The lowest BCUT2D eigenvalue weighted by molar-refractivity contribution is -0.150. The number of rotatable bonds is 9. The van der Waals surface area contributed by atoms with Gasteiger partial charge in [0.15, 0.2) is 12.4 Å². The average molecular weight is 445 g/mol. The molecule has 0 heterocycles. The van der Waals surface area contributed by atoms with Gasteiger partial charge in [-0.2, -0.15) is 0 Å². The van der Waals surface area contributed by atoms with Crippen LogP contribution in [0.1, 0.15) is 47.9 Å². The van der Waals surface area contributed by atoms with Crippen molar-refractivity contribution in [1.82, 2.24) is 5.32 Å². The number of ketones is 1. The Hall–Kier alpha value is -3.19. The number of hydrogen-bond donors (Lipinski definition) is 2. The fourth-order valence-corrected chi connectivity index (χ4v) is 2.83. The van der Waals surface area contributed by atoms with Gasteiger partial charge in [-0.3, -0.25) is 14.4 Å². The Morgan fingerprint density at radius 3 is 2.10 bits per heavy atom. The third-order valence-corrected chi connectivity index (χ3v) is 5.03. The third-order valence-electron chi connectivity index (χ3n) is 4.78. The lowest BCUT2D eigenvalue weighted by Crippen LogP contribution is -2.46. The van der Waals surface area contributed by atoms with Gasteiger partial charge in [0.25, 0.3) is 11.8 Å². The standard InChI is InChI=1S/C23H25ClN2O5/c1-4-14(2)21(26-22(29)17-5-9-18(24)10-6-17)23(30)31-13-20(28)25-19-11-7-16(8-12-19)15(3)27/h5-12,14,21H,4,13H2,1-3H3,(H,25,28)(H,26,29)/t14-,21-/m1/s1. The van der Waals surface area contributed by atoms with E-state index in [4.69, 9.17) is 16.3 Å². The van der Waals surface area contributed by atoms with E-state index in [1.165, 1.54) is 6.92 Å². The molecular weight excluding hydrogens is 420 g/mol. The Bertz CT molecular complexity index is 941. The molecule has 2 aromatic rings. The van der Waals surface area contributed by atoms with E-state index in [0.717, 1.165) is 0 Å². The van der Waals surface area contributed by atoms with Crippen molar-refractivity contribution in [2.75, 3.05) is 11.9 Å². The van der Waals surface area contributed by atoms with Crippen molar-refractivity contribution < 1.29 is 23.9 Å². The van der Waals surface area contributed by atoms with E-state index < -0.39 is 30.4 Å². The molecule has 0 aliphatic rings. The first-order valence-corrected chi connectivity index (χ1v) is 10.2. The maximum Gasteiger partial charge on any atom is 0.329 e. The van der Waals surface area contributed by atoms with Crippen molar-refractivity contribution in [3.8, 4) is 0 Å². The highest BCUT2D eigenvalue weighted by molar-refractivity contribution is 6.30. The lowest BCUT2D eigenvalue weighted by atomic mass is 9.99. The molecule has 0 aromatic heterocycles. The van der Waals surface area contributed by atoms with Crippen LogP contribution in [0.3, 0.4) is 0 Å². The molecule has 7 nitrogen and oxygen atoms in total. The number of halogens is 1. The predicted molar refractivity (Wildman–Crippen MR) is 118 cm³/mol. The van der Waals surface area contributed by atoms with Crippen molar-refractivity contribution in [2.45, 2.75) is 33.2 Å². The largest absolute Gasteiger partial charge is 0.454 e. The summed E-state index contributed by atoms with van der Waals surface area (Å²) >= 11 is 5.84. The number of nitrogens with one attached hydrogen (secondary N) is 2. The fraction of sp³-hybridized carbons (Fsp3) is 0.304. The summed E-state index contributed by atoms with van der Waals surface area (Å²) in [5.74, 6) is -1.95. The van der Waals surface area contributed by atoms with Crippen molar-refractivity contribution in [3.05, 3.63) is 64.7 Å². The highest BCUT2D eigenvalue weighted by Crippen LogP contribution is 2.14. The first-order valence-electron chi connectivity index (χ1n) is 9.85. The maximum atomic E-state index is 12.6. The zero-order valence-corrected chi connectivity index (χ0v) is 18.4. The van der Waals surface area contributed by atoms with Gasteiger partial charge in [-0.1, -0.05) is 31.9 Å². The van der Waals surface area contributed by atoms with Crippen LogP contribution in [0.5, 0.6) is 0 Å². The summed E-state index contributed by atoms with van der Waals surface area (Å²) in [6.07, 6.45) is 0.620. The summed E-state index contributed by atoms with van der Waals surface area (Å²) in [4.78, 5) is 48.5. The van der Waals surface area contributed by atoms with Crippen LogP contribution >= 0.6 is 11.6 Å². The lowest BCUT2D eigenvalue weighted by Gasteiger charge is -2.22. The molecule has 8 heteroatoms. The van der Waals surface area contributed by atoms with Gasteiger partial charge in [0.2, 0.25) is 0 Å². The van der Waals surface area contributed by atoms with Gasteiger partial charge in [0.05, 0.1) is 0 Å². The molecule has 2 atom stereocenters. The Morgan fingerprint density at radius 1 is 0.968 bits per heavy atom. The first kappa shape index (κ1) is 24.1. The summed E-state index contributed by atoms with van der Waals surface area (Å²) in [5, 5.41) is 5.76. The first-order chi connectivity index (χ1) is 14.7. The molecule has 2 amide bonds. The molecule has 31 heavy (non-hydrogen) atoms. The second-order valence-electron chi connectivity index (χ2n) is 7.13. The Labute approximate surface area is 186 Å². The molecule has 0 saturated heterocycles. The molecular formula is C23H25ClN2O5. The molecule has 0 unspecified atom stereocenters. The van der Waals surface area contributed by atoms with Crippen LogP contribution in [0.4, 0.5) is 5.69 Å². The number of anilines is 1. The van der Waals surface area contributed by atoms with Crippen molar-refractivity contribution in [2.24, 2.45) is 5.92 Å². The quantitative estimate of drug-likeness (QED) is 0.451.